The molecular formula is C10H8INO3. The average molecular weight is 317 g/mol. The van der Waals surface area contributed by atoms with Gasteiger partial charge >= 0.3 is 0 Å². The van der Waals surface area contributed by atoms with Crippen molar-refractivity contribution in [2.45, 2.75) is 13.8 Å². The third-order valence-electron chi connectivity index (χ3n) is 1.86. The van der Waals surface area contributed by atoms with E-state index >= 15 is 0 Å². The number of hydrogen-bond acceptors (Lipinski definition) is 4. The van der Waals surface area contributed by atoms with Crippen LogP contribution in [-0.2, 0) is 0 Å². The summed E-state index contributed by atoms with van der Waals surface area (Å²) in [6.45, 7) is 2.71. The minimum Gasteiger partial charge on any atom is -0.294 e. The zero-order valence-electron chi connectivity index (χ0n) is 8.20. The number of Topliss-reactive ketones (excluding diaryl/α,β-unsaturated/α-hetero) is 2. The van der Waals surface area contributed by atoms with Crippen LogP contribution < -0.4 is 0 Å². The molecule has 0 amide bonds. The second-order valence-electron chi connectivity index (χ2n) is 3.00. The van der Waals surface area contributed by atoms with Crippen molar-refractivity contribution in [1.29, 1.82) is 0 Å². The Balaban J connectivity index is 3.40. The topological polar surface area (TPSA) is 64.1 Å². The van der Waals surface area contributed by atoms with Crippen molar-refractivity contribution in [3.8, 4) is 0 Å². The van der Waals surface area contributed by atoms with Gasteiger partial charge in [-0.05, 0) is 19.9 Å². The van der Waals surface area contributed by atoms with Gasteiger partial charge in [0, 0.05) is 39.9 Å². The van der Waals surface area contributed by atoms with Crippen LogP contribution in [0.2, 0.25) is 0 Å². The number of carbonyl (C=O) groups is 3. The van der Waals surface area contributed by atoms with Gasteiger partial charge in [-0.3, -0.25) is 19.4 Å². The van der Waals surface area contributed by atoms with Crippen molar-refractivity contribution >= 4 is 37.9 Å². The number of rotatable bonds is 3. The molecule has 1 heterocycles. The summed E-state index contributed by atoms with van der Waals surface area (Å²) in [4.78, 5) is 37.3. The fourth-order valence-electron chi connectivity index (χ4n) is 1.13. The summed E-state index contributed by atoms with van der Waals surface area (Å²) in [6.07, 6.45) is 1.27. The molecule has 0 N–H and O–H groups in total. The zero-order valence-corrected chi connectivity index (χ0v) is 10.4. The number of halogens is 1. The monoisotopic (exact) mass is 317 g/mol. The molecule has 78 valence electrons. The van der Waals surface area contributed by atoms with Gasteiger partial charge < -0.3 is 0 Å². The Kier molecular flexibility index (Phi) is 3.67. The molecule has 0 aliphatic rings. The highest BCUT2D eigenvalue weighted by Gasteiger charge is 2.14. The van der Waals surface area contributed by atoms with Crippen LogP contribution in [0.5, 0.6) is 0 Å². The maximum atomic E-state index is 11.3. The smallest absolute Gasteiger partial charge is 0.240 e. The molecule has 0 bridgehead atoms. The normalized spacial score (nSPS) is 9.80. The lowest BCUT2D eigenvalue weighted by Crippen LogP contribution is -2.07. The number of carbonyl (C=O) groups excluding carboxylic acids is 3. The molecule has 0 radical (unpaired) electrons. The molecular weight excluding hydrogens is 309 g/mol. The van der Waals surface area contributed by atoms with E-state index in [9.17, 15) is 14.4 Å². The first kappa shape index (κ1) is 12.0. The first-order chi connectivity index (χ1) is 6.93. The van der Waals surface area contributed by atoms with Crippen LogP contribution in [-0.4, -0.2) is 20.3 Å². The summed E-state index contributed by atoms with van der Waals surface area (Å²) in [6, 6.07) is 1.36. The van der Waals surface area contributed by atoms with E-state index in [-0.39, 0.29) is 32.2 Å². The molecule has 1 rings (SSSR count). The summed E-state index contributed by atoms with van der Waals surface area (Å²) < 4.78 is -0.259. The quantitative estimate of drug-likeness (QED) is 0.486. The second-order valence-corrected chi connectivity index (χ2v) is 3.98. The zero-order chi connectivity index (χ0) is 11.6. The molecule has 1 aromatic heterocycles. The Bertz CT molecular complexity index is 454. The van der Waals surface area contributed by atoms with Crippen molar-refractivity contribution < 1.29 is 14.4 Å². The molecule has 5 heteroatoms. The van der Waals surface area contributed by atoms with Gasteiger partial charge in [0.25, 0.3) is 0 Å². The van der Waals surface area contributed by atoms with E-state index in [2.05, 4.69) is 4.98 Å². The maximum Gasteiger partial charge on any atom is 0.240 e. The summed E-state index contributed by atoms with van der Waals surface area (Å²) >= 11 is 1.58. The Morgan fingerprint density at radius 2 is 1.67 bits per heavy atom. The Labute approximate surface area is 100 Å². The molecule has 0 aromatic carbocycles. The molecule has 4 nitrogen and oxygen atoms in total. The fourth-order valence-corrected chi connectivity index (χ4v) is 1.43. The van der Waals surface area contributed by atoms with Gasteiger partial charge in [-0.2, -0.15) is 0 Å². The summed E-state index contributed by atoms with van der Waals surface area (Å²) in [5.74, 6) is -0.485. The van der Waals surface area contributed by atoms with Gasteiger partial charge in [-0.1, -0.05) is 0 Å². The first-order valence-corrected chi connectivity index (χ1v) is 5.23. The summed E-state index contributed by atoms with van der Waals surface area (Å²) in [5, 5.41) is 0. The minimum absolute atomic E-state index is 0.186. The predicted molar refractivity (Wildman–Crippen MR) is 62.6 cm³/mol. The lowest BCUT2D eigenvalue weighted by atomic mass is 10.0. The molecule has 0 spiro atoms. The van der Waals surface area contributed by atoms with Crippen molar-refractivity contribution in [2.24, 2.45) is 0 Å². The van der Waals surface area contributed by atoms with Crippen LogP contribution in [0.1, 0.15) is 45.1 Å². The van der Waals surface area contributed by atoms with Crippen molar-refractivity contribution in [1.82, 2.24) is 4.98 Å². The van der Waals surface area contributed by atoms with Crippen LogP contribution in [0.3, 0.4) is 0 Å². The number of nitrogens with zero attached hydrogens (tertiary/aromatic N) is 1. The number of ketones is 2. The van der Waals surface area contributed by atoms with Gasteiger partial charge in [0.05, 0.1) is 0 Å². The van der Waals surface area contributed by atoms with Crippen molar-refractivity contribution in [3.05, 3.63) is 29.1 Å². The SMILES string of the molecule is CC(=O)c1cnc(C(=O)I)cc1C(C)=O. The second kappa shape index (κ2) is 4.61. The van der Waals surface area contributed by atoms with Crippen LogP contribution in [0, 0.1) is 0 Å². The summed E-state index contributed by atoms with van der Waals surface area (Å²) in [7, 11) is 0. The van der Waals surface area contributed by atoms with Gasteiger partial charge in [0.15, 0.2) is 11.6 Å². The van der Waals surface area contributed by atoms with Crippen LogP contribution in [0.15, 0.2) is 12.3 Å². The molecule has 15 heavy (non-hydrogen) atoms. The molecule has 0 aliphatic heterocycles. The highest BCUT2D eigenvalue weighted by atomic mass is 127. The van der Waals surface area contributed by atoms with E-state index < -0.39 is 0 Å². The third-order valence-corrected chi connectivity index (χ3v) is 2.42. The predicted octanol–water partition coefficient (Wildman–Crippen LogP) is 2.06. The minimum atomic E-state index is -0.259. The maximum absolute atomic E-state index is 11.3. The van der Waals surface area contributed by atoms with Crippen molar-refractivity contribution in [3.63, 3.8) is 0 Å². The van der Waals surface area contributed by atoms with E-state index in [1.165, 1.54) is 26.1 Å². The molecule has 0 atom stereocenters. The number of aromatic nitrogens is 1. The summed E-state index contributed by atoms with van der Waals surface area (Å²) in [5.41, 5.74) is 0.687. The van der Waals surface area contributed by atoms with E-state index in [4.69, 9.17) is 0 Å². The lowest BCUT2D eigenvalue weighted by molar-refractivity contribution is 0.0980. The van der Waals surface area contributed by atoms with Gasteiger partial charge in [-0.15, -0.1) is 0 Å². The molecule has 1 aromatic rings. The van der Waals surface area contributed by atoms with Gasteiger partial charge in [-0.25, -0.2) is 0 Å². The first-order valence-electron chi connectivity index (χ1n) is 4.15. The Hall–Kier alpha value is -1.11. The Morgan fingerprint density at radius 3 is 2.07 bits per heavy atom. The van der Waals surface area contributed by atoms with Crippen LogP contribution in [0.25, 0.3) is 0 Å². The molecule has 0 saturated carbocycles. The number of hydrogen-bond donors (Lipinski definition) is 0. The third kappa shape index (κ3) is 2.68. The van der Waals surface area contributed by atoms with Crippen molar-refractivity contribution in [2.75, 3.05) is 0 Å². The fraction of sp³-hybridized carbons (Fsp3) is 0.200. The molecule has 0 fully saturated rings. The van der Waals surface area contributed by atoms with Crippen LogP contribution >= 0.6 is 22.6 Å². The van der Waals surface area contributed by atoms with Crippen LogP contribution in [0.4, 0.5) is 0 Å². The molecule has 0 saturated heterocycles. The molecule has 0 aliphatic carbocycles. The number of pyridine rings is 1. The van der Waals surface area contributed by atoms with Gasteiger partial charge in [0.2, 0.25) is 3.79 Å². The standard InChI is InChI=1S/C10H8INO3/c1-5(13)7-3-9(10(11)15)12-4-8(7)6(2)14/h3-4H,1-2H3. The highest BCUT2D eigenvalue weighted by Crippen LogP contribution is 2.13. The van der Waals surface area contributed by atoms with Gasteiger partial charge in [0.1, 0.15) is 5.69 Å². The average Bonchev–Trinajstić information content (AvgIpc) is 2.16. The lowest BCUT2D eigenvalue weighted by Gasteiger charge is -2.03. The largest absolute Gasteiger partial charge is 0.294 e. The van der Waals surface area contributed by atoms with E-state index in [0.29, 0.717) is 0 Å². The van der Waals surface area contributed by atoms with E-state index in [0.717, 1.165) is 0 Å². The van der Waals surface area contributed by atoms with E-state index in [1.54, 1.807) is 22.6 Å². The Morgan fingerprint density at radius 1 is 1.13 bits per heavy atom. The molecule has 0 unspecified atom stereocenters. The highest BCUT2D eigenvalue weighted by molar-refractivity contribution is 14.1. The van der Waals surface area contributed by atoms with E-state index in [1.807, 2.05) is 0 Å².